The Morgan fingerprint density at radius 3 is 2.94 bits per heavy atom. The molecule has 4 nitrogen and oxygen atoms in total. The van der Waals surface area contributed by atoms with Gasteiger partial charge in [0.1, 0.15) is 0 Å². The highest BCUT2D eigenvalue weighted by molar-refractivity contribution is 5.76. The maximum atomic E-state index is 11.9. The first kappa shape index (κ1) is 13.5. The number of aliphatic hydroxyl groups is 1. The zero-order chi connectivity index (χ0) is 12.0. The van der Waals surface area contributed by atoms with Crippen LogP contribution in [0.4, 0.5) is 0 Å². The molecule has 1 heterocycles. The zero-order valence-electron chi connectivity index (χ0n) is 10.2. The van der Waals surface area contributed by atoms with Crippen molar-refractivity contribution in [3.05, 3.63) is 0 Å². The van der Waals surface area contributed by atoms with Gasteiger partial charge in [0.25, 0.3) is 0 Å². The molecule has 0 aliphatic carbocycles. The van der Waals surface area contributed by atoms with Crippen LogP contribution in [0.2, 0.25) is 0 Å². The summed E-state index contributed by atoms with van der Waals surface area (Å²) in [6.45, 7) is 3.74. The monoisotopic (exact) mass is 228 g/mol. The maximum absolute atomic E-state index is 11.9. The lowest BCUT2D eigenvalue weighted by Gasteiger charge is -2.23. The summed E-state index contributed by atoms with van der Waals surface area (Å²) in [5.74, 6) is 0.713. The van der Waals surface area contributed by atoms with Gasteiger partial charge in [-0.1, -0.05) is 6.92 Å². The van der Waals surface area contributed by atoms with E-state index in [0.29, 0.717) is 18.9 Å². The Hall–Kier alpha value is -0.610. The summed E-state index contributed by atoms with van der Waals surface area (Å²) in [6, 6.07) is 0.0670. The fraction of sp³-hybridized carbons (Fsp3) is 0.917. The van der Waals surface area contributed by atoms with Crippen LogP contribution in [0.15, 0.2) is 0 Å². The molecule has 2 atom stereocenters. The summed E-state index contributed by atoms with van der Waals surface area (Å²) >= 11 is 0. The molecule has 94 valence electrons. The van der Waals surface area contributed by atoms with E-state index in [1.54, 1.807) is 0 Å². The molecule has 0 aromatic heterocycles. The van der Waals surface area contributed by atoms with E-state index < -0.39 is 0 Å². The summed E-state index contributed by atoms with van der Waals surface area (Å²) in [6.07, 6.45) is 4.45. The number of nitrogens with zero attached hydrogens (tertiary/aromatic N) is 1. The fourth-order valence-electron chi connectivity index (χ4n) is 2.30. The molecule has 3 N–H and O–H groups in total. The molecule has 16 heavy (non-hydrogen) atoms. The normalized spacial score (nSPS) is 22.4. The van der Waals surface area contributed by atoms with Crippen LogP contribution in [0.25, 0.3) is 0 Å². The van der Waals surface area contributed by atoms with Crippen LogP contribution in [0, 0.1) is 5.92 Å². The molecule has 4 heteroatoms. The van der Waals surface area contributed by atoms with Crippen LogP contribution in [-0.4, -0.2) is 41.7 Å². The van der Waals surface area contributed by atoms with E-state index in [9.17, 15) is 4.79 Å². The minimum absolute atomic E-state index is 0.0670. The van der Waals surface area contributed by atoms with Crippen molar-refractivity contribution < 1.29 is 9.90 Å². The number of carbonyl (C=O) groups is 1. The van der Waals surface area contributed by atoms with Gasteiger partial charge < -0.3 is 15.7 Å². The Kier molecular flexibility index (Phi) is 5.77. The summed E-state index contributed by atoms with van der Waals surface area (Å²) < 4.78 is 0. The smallest absolute Gasteiger partial charge is 0.222 e. The first-order valence-corrected chi connectivity index (χ1v) is 6.29. The van der Waals surface area contributed by atoms with Gasteiger partial charge in [0, 0.05) is 13.0 Å². The number of rotatable bonds is 6. The molecule has 0 spiro atoms. The second-order valence-electron chi connectivity index (χ2n) is 4.79. The zero-order valence-corrected chi connectivity index (χ0v) is 10.2. The third-order valence-electron chi connectivity index (χ3n) is 3.42. The summed E-state index contributed by atoms with van der Waals surface area (Å²) in [4.78, 5) is 13.7. The van der Waals surface area contributed by atoms with Gasteiger partial charge in [0.05, 0.1) is 12.6 Å². The number of nitrogens with two attached hydrogens (primary N) is 1. The Morgan fingerprint density at radius 1 is 1.56 bits per heavy atom. The molecule has 1 saturated heterocycles. The quantitative estimate of drug-likeness (QED) is 0.704. The number of hydrogen-bond acceptors (Lipinski definition) is 3. The third kappa shape index (κ3) is 3.76. The number of carbonyl (C=O) groups excluding carboxylic acids is 1. The topological polar surface area (TPSA) is 66.6 Å². The lowest BCUT2D eigenvalue weighted by Crippen LogP contribution is -2.37. The number of likely N-dealkylation sites (tertiary alicyclic amines) is 1. The van der Waals surface area contributed by atoms with Gasteiger partial charge in [0.15, 0.2) is 0 Å². The Balaban J connectivity index is 2.29. The van der Waals surface area contributed by atoms with Crippen molar-refractivity contribution >= 4 is 5.91 Å². The molecular weight excluding hydrogens is 204 g/mol. The first-order chi connectivity index (χ1) is 7.69. The average molecular weight is 228 g/mol. The van der Waals surface area contributed by atoms with E-state index >= 15 is 0 Å². The second-order valence-corrected chi connectivity index (χ2v) is 4.79. The van der Waals surface area contributed by atoms with Crippen LogP contribution in [-0.2, 0) is 4.79 Å². The Morgan fingerprint density at radius 2 is 2.31 bits per heavy atom. The molecule has 0 radical (unpaired) electrons. The molecule has 1 rings (SSSR count). The van der Waals surface area contributed by atoms with Gasteiger partial charge in [-0.3, -0.25) is 4.79 Å². The van der Waals surface area contributed by atoms with Crippen molar-refractivity contribution in [3.63, 3.8) is 0 Å². The predicted molar refractivity (Wildman–Crippen MR) is 63.9 cm³/mol. The van der Waals surface area contributed by atoms with Crippen LogP contribution >= 0.6 is 0 Å². The lowest BCUT2D eigenvalue weighted by molar-refractivity contribution is -0.133. The number of hydrogen-bond donors (Lipinski definition) is 2. The molecule has 1 amide bonds. The van der Waals surface area contributed by atoms with Crippen LogP contribution in [0.5, 0.6) is 0 Å². The molecule has 1 aliphatic rings. The third-order valence-corrected chi connectivity index (χ3v) is 3.42. The molecule has 0 saturated carbocycles. The van der Waals surface area contributed by atoms with E-state index in [1.807, 2.05) is 4.90 Å². The van der Waals surface area contributed by atoms with Gasteiger partial charge in [0.2, 0.25) is 5.91 Å². The molecule has 1 unspecified atom stereocenters. The lowest BCUT2D eigenvalue weighted by atomic mass is 10.0. The van der Waals surface area contributed by atoms with Crippen LogP contribution in [0.3, 0.4) is 0 Å². The van der Waals surface area contributed by atoms with Crippen molar-refractivity contribution in [1.82, 2.24) is 4.90 Å². The first-order valence-electron chi connectivity index (χ1n) is 6.29. The molecule has 1 fully saturated rings. The summed E-state index contributed by atoms with van der Waals surface area (Å²) in [7, 11) is 0. The van der Waals surface area contributed by atoms with Gasteiger partial charge in [-0.05, 0) is 38.1 Å². The standard InChI is InChI=1S/C12H24N2O2/c1-10(6-7-13)4-5-12(16)14-8-2-3-11(14)9-15/h10-11,15H,2-9,13H2,1H3/t10?,11-/m1/s1. The van der Waals surface area contributed by atoms with Crippen molar-refractivity contribution in [2.75, 3.05) is 19.7 Å². The van der Waals surface area contributed by atoms with Crippen molar-refractivity contribution in [2.24, 2.45) is 11.7 Å². The summed E-state index contributed by atoms with van der Waals surface area (Å²) in [5, 5.41) is 9.14. The molecule has 0 bridgehead atoms. The second kappa shape index (κ2) is 6.86. The van der Waals surface area contributed by atoms with Crippen molar-refractivity contribution in [3.8, 4) is 0 Å². The number of aliphatic hydroxyl groups excluding tert-OH is 1. The minimum Gasteiger partial charge on any atom is -0.394 e. The van der Waals surface area contributed by atoms with Crippen LogP contribution < -0.4 is 5.73 Å². The predicted octanol–water partition coefficient (Wildman–Crippen LogP) is 0.735. The minimum atomic E-state index is 0.0670. The Bertz CT molecular complexity index is 221. The highest BCUT2D eigenvalue weighted by Gasteiger charge is 2.27. The van der Waals surface area contributed by atoms with Gasteiger partial charge >= 0.3 is 0 Å². The van der Waals surface area contributed by atoms with E-state index in [1.165, 1.54) is 0 Å². The highest BCUT2D eigenvalue weighted by atomic mass is 16.3. The van der Waals surface area contributed by atoms with E-state index in [2.05, 4.69) is 6.92 Å². The van der Waals surface area contributed by atoms with Crippen LogP contribution in [0.1, 0.15) is 39.0 Å². The molecular formula is C12H24N2O2. The molecule has 0 aromatic carbocycles. The van der Waals surface area contributed by atoms with Gasteiger partial charge in [-0.2, -0.15) is 0 Å². The van der Waals surface area contributed by atoms with Gasteiger partial charge in [-0.25, -0.2) is 0 Å². The summed E-state index contributed by atoms with van der Waals surface area (Å²) in [5.41, 5.74) is 5.47. The van der Waals surface area contributed by atoms with Crippen molar-refractivity contribution in [2.45, 2.75) is 45.1 Å². The highest BCUT2D eigenvalue weighted by Crippen LogP contribution is 2.19. The molecule has 1 aliphatic heterocycles. The maximum Gasteiger partial charge on any atom is 0.222 e. The molecule has 0 aromatic rings. The Labute approximate surface area is 97.8 Å². The van der Waals surface area contributed by atoms with E-state index in [-0.39, 0.29) is 18.6 Å². The largest absolute Gasteiger partial charge is 0.394 e. The average Bonchev–Trinajstić information content (AvgIpc) is 2.74. The van der Waals surface area contributed by atoms with Crippen molar-refractivity contribution in [1.29, 1.82) is 0 Å². The fourth-order valence-corrected chi connectivity index (χ4v) is 2.30. The number of amides is 1. The SMILES string of the molecule is CC(CCN)CCC(=O)N1CCC[C@@H]1CO. The van der Waals surface area contributed by atoms with Gasteiger partial charge in [-0.15, -0.1) is 0 Å². The van der Waals surface area contributed by atoms with E-state index in [4.69, 9.17) is 10.8 Å². The van der Waals surface area contributed by atoms with E-state index in [0.717, 1.165) is 32.2 Å².